The van der Waals surface area contributed by atoms with Crippen LogP contribution >= 0.6 is 27.5 Å². The monoisotopic (exact) mass is 343 g/mol. The second-order valence-corrected chi connectivity index (χ2v) is 5.41. The number of hydrogen-bond donors (Lipinski definition) is 1. The molecule has 0 aliphatic rings. The maximum absolute atomic E-state index is 12.9. The lowest BCUT2D eigenvalue weighted by Crippen LogP contribution is -2.05. The van der Waals surface area contributed by atoms with Crippen LogP contribution in [0.15, 0.2) is 40.9 Å². The van der Waals surface area contributed by atoms with E-state index in [1.54, 1.807) is 12.1 Å². The van der Waals surface area contributed by atoms with Gasteiger partial charge in [-0.05, 0) is 42.8 Å². The molecule has 0 aliphatic carbocycles. The molecule has 0 saturated heterocycles. The van der Waals surface area contributed by atoms with Gasteiger partial charge in [0.2, 0.25) is 0 Å². The van der Waals surface area contributed by atoms with Crippen molar-refractivity contribution in [1.82, 2.24) is 0 Å². The molecule has 0 fully saturated rings. The second-order valence-electron chi connectivity index (χ2n) is 4.15. The van der Waals surface area contributed by atoms with Crippen LogP contribution in [0.4, 0.5) is 4.39 Å². The van der Waals surface area contributed by atoms with Crippen LogP contribution in [0, 0.1) is 5.82 Å². The molecule has 19 heavy (non-hydrogen) atoms. The van der Waals surface area contributed by atoms with Gasteiger partial charge in [-0.15, -0.1) is 0 Å². The van der Waals surface area contributed by atoms with Crippen molar-refractivity contribution in [1.29, 1.82) is 0 Å². The zero-order chi connectivity index (χ0) is 14.0. The lowest BCUT2D eigenvalue weighted by Gasteiger charge is -2.12. The van der Waals surface area contributed by atoms with Crippen LogP contribution < -0.4 is 10.5 Å². The maximum Gasteiger partial charge on any atom is 0.146 e. The van der Waals surface area contributed by atoms with Crippen molar-refractivity contribution in [3.05, 3.63) is 57.3 Å². The van der Waals surface area contributed by atoms with E-state index in [4.69, 9.17) is 22.1 Å². The summed E-state index contributed by atoms with van der Waals surface area (Å²) in [6, 6.07) is 9.40. The number of halogens is 3. The van der Waals surface area contributed by atoms with Crippen molar-refractivity contribution < 1.29 is 9.13 Å². The first-order valence-corrected chi connectivity index (χ1v) is 6.82. The van der Waals surface area contributed by atoms with E-state index in [2.05, 4.69) is 15.9 Å². The molecule has 2 aromatic carbocycles. The fourth-order valence-corrected chi connectivity index (χ4v) is 2.55. The van der Waals surface area contributed by atoms with Crippen LogP contribution in [0.3, 0.4) is 0 Å². The molecule has 0 spiro atoms. The minimum atomic E-state index is -0.397. The Balaban J connectivity index is 2.26. The largest absolute Gasteiger partial charge is 0.456 e. The van der Waals surface area contributed by atoms with Crippen LogP contribution in [-0.4, -0.2) is 0 Å². The summed E-state index contributed by atoms with van der Waals surface area (Å²) in [5.74, 6) is 0.610. The molecule has 2 N–H and O–H groups in total. The third kappa shape index (κ3) is 3.47. The van der Waals surface area contributed by atoms with Gasteiger partial charge in [-0.25, -0.2) is 4.39 Å². The molecular formula is C14H12BrClFNO. The summed E-state index contributed by atoms with van der Waals surface area (Å²) in [6.07, 6.45) is 0. The highest BCUT2D eigenvalue weighted by Crippen LogP contribution is 2.33. The molecule has 0 amide bonds. The van der Waals surface area contributed by atoms with Gasteiger partial charge in [0.25, 0.3) is 0 Å². The molecule has 2 rings (SSSR count). The van der Waals surface area contributed by atoms with Crippen molar-refractivity contribution >= 4 is 27.5 Å². The minimum Gasteiger partial charge on any atom is -0.456 e. The second kappa shape index (κ2) is 5.90. The highest BCUT2D eigenvalue weighted by atomic mass is 79.9. The summed E-state index contributed by atoms with van der Waals surface area (Å²) in [5, 5.41) is 0.229. The van der Waals surface area contributed by atoms with Gasteiger partial charge in [-0.2, -0.15) is 0 Å². The summed E-state index contributed by atoms with van der Waals surface area (Å²) in [6.45, 7) is 1.90. The summed E-state index contributed by atoms with van der Waals surface area (Å²) in [4.78, 5) is 0. The Morgan fingerprint density at radius 2 is 2.00 bits per heavy atom. The molecule has 0 unspecified atom stereocenters. The number of hydrogen-bond acceptors (Lipinski definition) is 2. The molecule has 0 heterocycles. The average Bonchev–Trinajstić information content (AvgIpc) is 2.32. The van der Waals surface area contributed by atoms with Gasteiger partial charge < -0.3 is 10.5 Å². The highest BCUT2D eigenvalue weighted by molar-refractivity contribution is 9.10. The van der Waals surface area contributed by atoms with E-state index in [1.165, 1.54) is 18.2 Å². The van der Waals surface area contributed by atoms with Crippen LogP contribution in [0.1, 0.15) is 18.5 Å². The molecule has 0 aliphatic heterocycles. The Hall–Kier alpha value is -1.10. The van der Waals surface area contributed by atoms with Gasteiger partial charge in [0.1, 0.15) is 17.3 Å². The van der Waals surface area contributed by atoms with Crippen LogP contribution in [0.25, 0.3) is 0 Å². The van der Waals surface area contributed by atoms with Gasteiger partial charge in [0, 0.05) is 10.5 Å². The first-order valence-electron chi connectivity index (χ1n) is 5.65. The maximum atomic E-state index is 12.9. The number of benzene rings is 2. The van der Waals surface area contributed by atoms with Crippen molar-refractivity contribution in [2.75, 3.05) is 0 Å². The SMILES string of the molecule is C[C@@H](N)c1ccc(Oc2ccc(F)cc2Cl)cc1Br. The van der Waals surface area contributed by atoms with Crippen molar-refractivity contribution in [3.63, 3.8) is 0 Å². The van der Waals surface area contributed by atoms with Gasteiger partial charge in [-0.1, -0.05) is 33.6 Å². The molecular weight excluding hydrogens is 333 g/mol. The fourth-order valence-electron chi connectivity index (χ4n) is 1.63. The van der Waals surface area contributed by atoms with E-state index < -0.39 is 5.82 Å². The van der Waals surface area contributed by atoms with Gasteiger partial charge in [0.15, 0.2) is 0 Å². The van der Waals surface area contributed by atoms with Crippen molar-refractivity contribution in [3.8, 4) is 11.5 Å². The van der Waals surface area contributed by atoms with Gasteiger partial charge >= 0.3 is 0 Å². The van der Waals surface area contributed by atoms with Gasteiger partial charge in [0.05, 0.1) is 5.02 Å². The topological polar surface area (TPSA) is 35.2 Å². The quantitative estimate of drug-likeness (QED) is 0.845. The molecule has 1 atom stereocenters. The lowest BCUT2D eigenvalue weighted by molar-refractivity contribution is 0.480. The van der Waals surface area contributed by atoms with Crippen LogP contribution in [0.5, 0.6) is 11.5 Å². The molecule has 0 bridgehead atoms. The number of ether oxygens (including phenoxy) is 1. The molecule has 0 saturated carbocycles. The molecule has 100 valence electrons. The third-order valence-corrected chi connectivity index (χ3v) is 3.57. The fraction of sp³-hybridized carbons (Fsp3) is 0.143. The van der Waals surface area contributed by atoms with Gasteiger partial charge in [-0.3, -0.25) is 0 Å². The molecule has 2 aromatic rings. The Kier molecular flexibility index (Phi) is 4.45. The Morgan fingerprint density at radius 1 is 1.26 bits per heavy atom. The summed E-state index contributed by atoms with van der Waals surface area (Å²) < 4.78 is 19.4. The number of rotatable bonds is 3. The Bertz CT molecular complexity index is 604. The average molecular weight is 345 g/mol. The van der Waals surface area contributed by atoms with E-state index >= 15 is 0 Å². The van der Waals surface area contributed by atoms with E-state index in [0.29, 0.717) is 11.5 Å². The van der Waals surface area contributed by atoms with E-state index in [-0.39, 0.29) is 11.1 Å². The molecule has 5 heteroatoms. The van der Waals surface area contributed by atoms with E-state index in [0.717, 1.165) is 10.0 Å². The van der Waals surface area contributed by atoms with E-state index in [9.17, 15) is 4.39 Å². The molecule has 0 radical (unpaired) electrons. The predicted octanol–water partition coefficient (Wildman–Crippen LogP) is 5.05. The van der Waals surface area contributed by atoms with Crippen LogP contribution in [-0.2, 0) is 0 Å². The molecule has 0 aromatic heterocycles. The normalized spacial score (nSPS) is 12.3. The van der Waals surface area contributed by atoms with Crippen LogP contribution in [0.2, 0.25) is 5.02 Å². The third-order valence-electron chi connectivity index (χ3n) is 2.58. The predicted molar refractivity (Wildman–Crippen MR) is 78.2 cm³/mol. The minimum absolute atomic E-state index is 0.0714. The first kappa shape index (κ1) is 14.3. The Labute approximate surface area is 124 Å². The Morgan fingerprint density at radius 3 is 2.58 bits per heavy atom. The zero-order valence-corrected chi connectivity index (χ0v) is 12.5. The summed E-state index contributed by atoms with van der Waals surface area (Å²) >= 11 is 9.34. The zero-order valence-electron chi connectivity index (χ0n) is 10.2. The standard InChI is InChI=1S/C14H12BrClFNO/c1-8(18)11-4-3-10(7-12(11)15)19-14-5-2-9(17)6-13(14)16/h2-8H,18H2,1H3/t8-/m1/s1. The van der Waals surface area contributed by atoms with Crippen molar-refractivity contribution in [2.45, 2.75) is 13.0 Å². The number of nitrogens with two attached hydrogens (primary N) is 1. The first-order chi connectivity index (χ1) is 8.97. The molecule has 2 nitrogen and oxygen atoms in total. The van der Waals surface area contributed by atoms with E-state index in [1.807, 2.05) is 13.0 Å². The summed E-state index contributed by atoms with van der Waals surface area (Å²) in [7, 11) is 0. The lowest BCUT2D eigenvalue weighted by atomic mass is 10.1. The van der Waals surface area contributed by atoms with Crippen molar-refractivity contribution in [2.24, 2.45) is 5.73 Å². The smallest absolute Gasteiger partial charge is 0.146 e. The highest BCUT2D eigenvalue weighted by Gasteiger charge is 2.08. The summed E-state index contributed by atoms with van der Waals surface area (Å²) in [5.41, 5.74) is 6.81.